The second-order valence-corrected chi connectivity index (χ2v) is 2.92. The molecule has 0 heterocycles. The Kier molecular flexibility index (Phi) is 2.47. The summed E-state index contributed by atoms with van der Waals surface area (Å²) in [7, 11) is 3.86. The number of ketones is 1. The van der Waals surface area contributed by atoms with E-state index in [1.165, 1.54) is 0 Å². The molecule has 0 unspecified atom stereocenters. The maximum absolute atomic E-state index is 11.2. The Labute approximate surface area is 67.2 Å². The summed E-state index contributed by atoms with van der Waals surface area (Å²) in [5.74, 6) is 0.251. The zero-order chi connectivity index (χ0) is 8.27. The highest BCUT2D eigenvalue weighted by atomic mass is 16.1. The molecule has 11 heavy (non-hydrogen) atoms. The summed E-state index contributed by atoms with van der Waals surface area (Å²) in [4.78, 5) is 13.1. The molecular weight excluding hydrogens is 138 g/mol. The molecule has 2 heteroatoms. The highest BCUT2D eigenvalue weighted by Crippen LogP contribution is 2.13. The molecule has 2 nitrogen and oxygen atoms in total. The van der Waals surface area contributed by atoms with Crippen LogP contribution in [0.1, 0.15) is 12.8 Å². The van der Waals surface area contributed by atoms with Gasteiger partial charge in [0.25, 0.3) is 0 Å². The van der Waals surface area contributed by atoms with Crippen LogP contribution in [0.5, 0.6) is 0 Å². The number of allylic oxidation sites excluding steroid dienone is 3. The number of carbonyl (C=O) groups excluding carboxylic acids is 1. The number of rotatable bonds is 1. The maximum atomic E-state index is 11.2. The predicted octanol–water partition coefficient (Wildman–Crippen LogP) is 1.35. The van der Waals surface area contributed by atoms with Gasteiger partial charge < -0.3 is 4.90 Å². The van der Waals surface area contributed by atoms with Crippen LogP contribution in [-0.4, -0.2) is 24.8 Å². The van der Waals surface area contributed by atoms with Crippen molar-refractivity contribution in [3.05, 3.63) is 23.9 Å². The van der Waals surface area contributed by atoms with Crippen LogP contribution in [0.3, 0.4) is 0 Å². The van der Waals surface area contributed by atoms with E-state index in [2.05, 4.69) is 0 Å². The second kappa shape index (κ2) is 3.37. The van der Waals surface area contributed by atoms with Gasteiger partial charge in [0.05, 0.1) is 0 Å². The fraction of sp³-hybridized carbons (Fsp3) is 0.444. The first kappa shape index (κ1) is 8.05. The molecule has 0 saturated carbocycles. The average molecular weight is 151 g/mol. The van der Waals surface area contributed by atoms with Crippen molar-refractivity contribution in [2.75, 3.05) is 14.1 Å². The first-order chi connectivity index (χ1) is 5.20. The smallest absolute Gasteiger partial charge is 0.164 e. The van der Waals surface area contributed by atoms with E-state index in [1.807, 2.05) is 37.3 Å². The number of nitrogens with zero attached hydrogens (tertiary/aromatic N) is 1. The van der Waals surface area contributed by atoms with Crippen molar-refractivity contribution in [3.8, 4) is 0 Å². The van der Waals surface area contributed by atoms with E-state index >= 15 is 0 Å². The van der Waals surface area contributed by atoms with Crippen molar-refractivity contribution < 1.29 is 4.79 Å². The molecule has 0 spiro atoms. The minimum atomic E-state index is 0.251. The highest BCUT2D eigenvalue weighted by Gasteiger charge is 2.09. The first-order valence-electron chi connectivity index (χ1n) is 3.75. The van der Waals surface area contributed by atoms with E-state index in [4.69, 9.17) is 0 Å². The second-order valence-electron chi connectivity index (χ2n) is 2.92. The van der Waals surface area contributed by atoms with Gasteiger partial charge in [0.2, 0.25) is 0 Å². The van der Waals surface area contributed by atoms with E-state index < -0.39 is 0 Å². The van der Waals surface area contributed by atoms with Crippen LogP contribution in [0.4, 0.5) is 0 Å². The van der Waals surface area contributed by atoms with Gasteiger partial charge in [-0.3, -0.25) is 4.79 Å². The molecule has 1 rings (SSSR count). The van der Waals surface area contributed by atoms with E-state index in [1.54, 1.807) is 0 Å². The Hall–Kier alpha value is -1.05. The zero-order valence-electron chi connectivity index (χ0n) is 7.00. The lowest BCUT2D eigenvalue weighted by Gasteiger charge is -2.11. The summed E-state index contributed by atoms with van der Waals surface area (Å²) < 4.78 is 0. The fourth-order valence-electron chi connectivity index (χ4n) is 1.08. The summed E-state index contributed by atoms with van der Waals surface area (Å²) in [6.07, 6.45) is 7.22. The molecular formula is C9H13NO. The molecule has 0 saturated heterocycles. The van der Waals surface area contributed by atoms with Crippen molar-refractivity contribution in [2.24, 2.45) is 0 Å². The van der Waals surface area contributed by atoms with Gasteiger partial charge >= 0.3 is 0 Å². The van der Waals surface area contributed by atoms with Crippen LogP contribution in [0.2, 0.25) is 0 Å². The van der Waals surface area contributed by atoms with Gasteiger partial charge in [-0.25, -0.2) is 0 Å². The quantitative estimate of drug-likeness (QED) is 0.416. The highest BCUT2D eigenvalue weighted by molar-refractivity contribution is 5.97. The molecule has 0 radical (unpaired) electrons. The van der Waals surface area contributed by atoms with Crippen LogP contribution < -0.4 is 0 Å². The van der Waals surface area contributed by atoms with Crippen molar-refractivity contribution >= 4 is 5.78 Å². The number of hydrogen-bond acceptors (Lipinski definition) is 2. The SMILES string of the molecule is CN(C)C=C1CC=CCC1=O. The Balaban J connectivity index is 2.71. The summed E-state index contributed by atoms with van der Waals surface area (Å²) in [6.45, 7) is 0. The number of hydrogen-bond donors (Lipinski definition) is 0. The standard InChI is InChI=1S/C9H13NO/c1-10(2)7-8-5-3-4-6-9(8)11/h3-4,7H,5-6H2,1-2H3. The normalized spacial score (nSPS) is 20.9. The van der Waals surface area contributed by atoms with E-state index in [-0.39, 0.29) is 5.78 Å². The van der Waals surface area contributed by atoms with Crippen LogP contribution in [0.15, 0.2) is 23.9 Å². The largest absolute Gasteiger partial charge is 0.383 e. The summed E-state index contributed by atoms with van der Waals surface area (Å²) in [5, 5.41) is 0. The Bertz CT molecular complexity index is 214. The molecule has 0 amide bonds. The van der Waals surface area contributed by atoms with E-state index in [9.17, 15) is 4.79 Å². The molecule has 0 aromatic carbocycles. The molecule has 0 aliphatic heterocycles. The van der Waals surface area contributed by atoms with Crippen LogP contribution in [-0.2, 0) is 4.79 Å². The summed E-state index contributed by atoms with van der Waals surface area (Å²) in [6, 6.07) is 0. The first-order valence-corrected chi connectivity index (χ1v) is 3.75. The van der Waals surface area contributed by atoms with Gasteiger partial charge in [-0.2, -0.15) is 0 Å². The van der Waals surface area contributed by atoms with Crippen molar-refractivity contribution in [3.63, 3.8) is 0 Å². The molecule has 0 bridgehead atoms. The van der Waals surface area contributed by atoms with Gasteiger partial charge in [-0.05, 0) is 6.42 Å². The summed E-state index contributed by atoms with van der Waals surface area (Å²) >= 11 is 0. The Morgan fingerprint density at radius 1 is 1.36 bits per heavy atom. The van der Waals surface area contributed by atoms with Gasteiger partial charge in [-0.15, -0.1) is 0 Å². The van der Waals surface area contributed by atoms with Crippen LogP contribution in [0, 0.1) is 0 Å². The minimum absolute atomic E-state index is 0.251. The van der Waals surface area contributed by atoms with Crippen molar-refractivity contribution in [1.29, 1.82) is 0 Å². The van der Waals surface area contributed by atoms with Gasteiger partial charge in [0, 0.05) is 32.3 Å². The third kappa shape index (κ3) is 2.22. The lowest BCUT2D eigenvalue weighted by molar-refractivity contribution is -0.115. The monoisotopic (exact) mass is 151 g/mol. The lowest BCUT2D eigenvalue weighted by Crippen LogP contribution is -2.10. The minimum Gasteiger partial charge on any atom is -0.383 e. The van der Waals surface area contributed by atoms with Gasteiger partial charge in [0.1, 0.15) is 0 Å². The topological polar surface area (TPSA) is 20.3 Å². The molecule has 0 fully saturated rings. The van der Waals surface area contributed by atoms with E-state index in [0.29, 0.717) is 6.42 Å². The molecule has 0 aromatic heterocycles. The fourth-order valence-corrected chi connectivity index (χ4v) is 1.08. The third-order valence-electron chi connectivity index (χ3n) is 1.58. The molecule has 0 N–H and O–H groups in total. The maximum Gasteiger partial charge on any atom is 0.164 e. The molecule has 60 valence electrons. The van der Waals surface area contributed by atoms with Gasteiger partial charge in [-0.1, -0.05) is 12.2 Å². The summed E-state index contributed by atoms with van der Waals surface area (Å²) in [5.41, 5.74) is 0.914. The number of Topliss-reactive ketones (excluding diaryl/α,β-unsaturated/α-hetero) is 1. The van der Waals surface area contributed by atoms with Crippen molar-refractivity contribution in [1.82, 2.24) is 4.90 Å². The molecule has 1 aliphatic carbocycles. The molecule has 0 aromatic rings. The third-order valence-corrected chi connectivity index (χ3v) is 1.58. The lowest BCUT2D eigenvalue weighted by atomic mass is 10.0. The zero-order valence-corrected chi connectivity index (χ0v) is 7.00. The van der Waals surface area contributed by atoms with E-state index in [0.717, 1.165) is 12.0 Å². The van der Waals surface area contributed by atoms with Crippen LogP contribution in [0.25, 0.3) is 0 Å². The van der Waals surface area contributed by atoms with Crippen molar-refractivity contribution in [2.45, 2.75) is 12.8 Å². The molecule has 0 atom stereocenters. The predicted molar refractivity (Wildman–Crippen MR) is 45.2 cm³/mol. The van der Waals surface area contributed by atoms with Crippen LogP contribution >= 0.6 is 0 Å². The average Bonchev–Trinajstić information content (AvgIpc) is 1.93. The molecule has 1 aliphatic rings. The number of carbonyl (C=O) groups is 1. The van der Waals surface area contributed by atoms with Gasteiger partial charge in [0.15, 0.2) is 5.78 Å². The Morgan fingerprint density at radius 2 is 2.00 bits per heavy atom. The Morgan fingerprint density at radius 3 is 2.55 bits per heavy atom.